The van der Waals surface area contributed by atoms with E-state index in [1.54, 1.807) is 18.3 Å². The van der Waals surface area contributed by atoms with Crippen LogP contribution in [0.1, 0.15) is 38.2 Å². The molecule has 0 bridgehead atoms. The van der Waals surface area contributed by atoms with Gasteiger partial charge in [-0.05, 0) is 57.8 Å². The van der Waals surface area contributed by atoms with Crippen molar-refractivity contribution in [3.05, 3.63) is 22.2 Å². The van der Waals surface area contributed by atoms with Crippen molar-refractivity contribution in [3.63, 3.8) is 0 Å². The van der Waals surface area contributed by atoms with E-state index in [-0.39, 0.29) is 23.0 Å². The number of carbonyl (C=O) groups is 1. The molecule has 23 heavy (non-hydrogen) atoms. The van der Waals surface area contributed by atoms with Gasteiger partial charge in [-0.2, -0.15) is 5.10 Å². The lowest BCUT2D eigenvalue weighted by atomic mass is 9.90. The minimum absolute atomic E-state index is 0.0143. The van der Waals surface area contributed by atoms with Crippen LogP contribution in [-0.2, 0) is 4.79 Å². The van der Waals surface area contributed by atoms with Crippen molar-refractivity contribution < 1.29 is 14.6 Å². The molecule has 2 aliphatic rings. The Hall–Kier alpha value is -1.56. The number of nitrogens with zero attached hydrogens (tertiary/aromatic N) is 1. The van der Waals surface area contributed by atoms with Crippen molar-refractivity contribution in [2.24, 2.45) is 22.4 Å². The fourth-order valence-electron chi connectivity index (χ4n) is 3.91. The molecule has 0 saturated heterocycles. The zero-order valence-electron chi connectivity index (χ0n) is 13.3. The number of phenols is 1. The summed E-state index contributed by atoms with van der Waals surface area (Å²) in [7, 11) is 1.49. The summed E-state index contributed by atoms with van der Waals surface area (Å²) in [6, 6.07) is 3.37. The van der Waals surface area contributed by atoms with E-state index in [2.05, 4.69) is 33.4 Å². The number of methoxy groups -OCH3 is 1. The highest BCUT2D eigenvalue weighted by atomic mass is 79.9. The Bertz CT molecular complexity index is 661. The van der Waals surface area contributed by atoms with Gasteiger partial charge in [0.1, 0.15) is 0 Å². The summed E-state index contributed by atoms with van der Waals surface area (Å²) in [4.78, 5) is 12.3. The predicted octanol–water partition coefficient (Wildman–Crippen LogP) is 3.44. The van der Waals surface area contributed by atoms with E-state index in [0.29, 0.717) is 16.1 Å². The summed E-state index contributed by atoms with van der Waals surface area (Å²) >= 11 is 3.26. The number of rotatable bonds is 4. The van der Waals surface area contributed by atoms with Crippen molar-refractivity contribution in [2.75, 3.05) is 7.11 Å². The molecule has 2 N–H and O–H groups in total. The van der Waals surface area contributed by atoms with Crippen LogP contribution in [-0.4, -0.2) is 24.3 Å². The zero-order valence-corrected chi connectivity index (χ0v) is 14.9. The van der Waals surface area contributed by atoms with Gasteiger partial charge in [-0.25, -0.2) is 5.43 Å². The van der Waals surface area contributed by atoms with E-state index in [9.17, 15) is 9.90 Å². The highest BCUT2D eigenvalue weighted by Gasteiger charge is 2.64. The van der Waals surface area contributed by atoms with Gasteiger partial charge < -0.3 is 9.84 Å². The van der Waals surface area contributed by atoms with E-state index < -0.39 is 0 Å². The van der Waals surface area contributed by atoms with Crippen molar-refractivity contribution in [2.45, 2.75) is 32.6 Å². The molecule has 0 unspecified atom stereocenters. The van der Waals surface area contributed by atoms with Crippen LogP contribution in [0.3, 0.4) is 0 Å². The first-order chi connectivity index (χ1) is 11.0. The molecular weight excluding hydrogens is 360 g/mol. The summed E-state index contributed by atoms with van der Waals surface area (Å²) in [5.41, 5.74) is 3.57. The Labute approximate surface area is 144 Å². The number of fused-ring (bicyclic) bond motifs is 1. The third-order valence-electron chi connectivity index (χ3n) is 5.27. The Balaban J connectivity index is 1.63. The molecule has 6 heteroatoms. The normalized spacial score (nSPS) is 29.2. The lowest BCUT2D eigenvalue weighted by Gasteiger charge is -2.15. The molecule has 0 aliphatic heterocycles. The first kappa shape index (κ1) is 16.3. The van der Waals surface area contributed by atoms with Crippen molar-refractivity contribution in [1.29, 1.82) is 0 Å². The van der Waals surface area contributed by atoms with Crippen LogP contribution in [0.25, 0.3) is 0 Å². The average Bonchev–Trinajstić information content (AvgIpc) is 3.16. The lowest BCUT2D eigenvalue weighted by Crippen LogP contribution is -2.22. The maximum absolute atomic E-state index is 12.3. The number of carbonyl (C=O) groups excluding carboxylic acids is 1. The molecule has 0 heterocycles. The van der Waals surface area contributed by atoms with Crippen LogP contribution in [0.15, 0.2) is 21.7 Å². The second-order valence-corrected chi connectivity index (χ2v) is 7.48. The van der Waals surface area contributed by atoms with Crippen molar-refractivity contribution in [3.8, 4) is 11.5 Å². The highest BCUT2D eigenvalue weighted by Crippen LogP contribution is 2.66. The minimum Gasteiger partial charge on any atom is -0.503 e. The summed E-state index contributed by atoms with van der Waals surface area (Å²) in [5.74, 6) is 1.04. The smallest absolute Gasteiger partial charge is 0.244 e. The van der Waals surface area contributed by atoms with E-state index >= 15 is 0 Å². The highest BCUT2D eigenvalue weighted by molar-refractivity contribution is 9.10. The van der Waals surface area contributed by atoms with Crippen LogP contribution in [0.5, 0.6) is 11.5 Å². The first-order valence-corrected chi connectivity index (χ1v) is 8.66. The average molecular weight is 381 g/mol. The molecule has 2 saturated carbocycles. The van der Waals surface area contributed by atoms with Gasteiger partial charge in [-0.15, -0.1) is 0 Å². The molecule has 124 valence electrons. The first-order valence-electron chi connectivity index (χ1n) is 7.87. The second-order valence-electron chi connectivity index (χ2n) is 6.62. The quantitative estimate of drug-likeness (QED) is 0.620. The third kappa shape index (κ3) is 2.96. The molecule has 0 spiro atoms. The van der Waals surface area contributed by atoms with Gasteiger partial charge in [0.25, 0.3) is 0 Å². The maximum atomic E-state index is 12.3. The van der Waals surface area contributed by atoms with E-state index in [1.165, 1.54) is 20.0 Å². The number of nitrogens with one attached hydrogen (secondary N) is 1. The summed E-state index contributed by atoms with van der Waals surface area (Å²) < 4.78 is 5.61. The maximum Gasteiger partial charge on any atom is 0.244 e. The standard InChI is InChI=1S/C17H21BrN2O3/c1-17-6-4-3-5-11(17)14(17)16(22)20-19-9-10-7-12(18)15(21)13(8-10)23-2/h7-9,11,14,21H,3-6H2,1-2H3,(H,20,22)/b19-9-/t11-,14+,17+/m1/s1. The van der Waals surface area contributed by atoms with Gasteiger partial charge in [0, 0.05) is 5.92 Å². The molecule has 0 aromatic heterocycles. The number of halogens is 1. The summed E-state index contributed by atoms with van der Waals surface area (Å²) in [6.45, 7) is 2.22. The van der Waals surface area contributed by atoms with E-state index in [1.807, 2.05) is 0 Å². The van der Waals surface area contributed by atoms with Gasteiger partial charge in [0.15, 0.2) is 11.5 Å². The SMILES string of the molecule is COc1cc(/C=N\NC(=O)[C@@H]2[C@H]3CCCC[C@@]32C)cc(Br)c1O. The number of phenolic OH excluding ortho intramolecular Hbond substituents is 1. The second kappa shape index (κ2) is 6.15. The van der Waals surface area contributed by atoms with Gasteiger partial charge in [-0.1, -0.05) is 19.8 Å². The van der Waals surface area contributed by atoms with Crippen molar-refractivity contribution >= 4 is 28.1 Å². The van der Waals surface area contributed by atoms with Gasteiger partial charge in [-0.3, -0.25) is 4.79 Å². The molecule has 5 nitrogen and oxygen atoms in total. The van der Waals surface area contributed by atoms with Crippen LogP contribution in [0.4, 0.5) is 0 Å². The lowest BCUT2D eigenvalue weighted by molar-refractivity contribution is -0.123. The molecule has 2 fully saturated rings. The number of ether oxygens (including phenoxy) is 1. The summed E-state index contributed by atoms with van der Waals surface area (Å²) in [5, 5.41) is 13.8. The molecular formula is C17H21BrN2O3. The van der Waals surface area contributed by atoms with Crippen LogP contribution >= 0.6 is 15.9 Å². The van der Waals surface area contributed by atoms with Crippen molar-refractivity contribution in [1.82, 2.24) is 5.43 Å². The molecule has 1 aromatic rings. The van der Waals surface area contributed by atoms with Gasteiger partial charge in [0.2, 0.25) is 5.91 Å². The van der Waals surface area contributed by atoms with Gasteiger partial charge in [0.05, 0.1) is 17.8 Å². The molecule has 1 aromatic carbocycles. The van der Waals surface area contributed by atoms with Crippen LogP contribution in [0, 0.1) is 17.3 Å². The van der Waals surface area contributed by atoms with E-state index in [0.717, 1.165) is 18.4 Å². The number of benzene rings is 1. The van der Waals surface area contributed by atoms with Crippen LogP contribution in [0.2, 0.25) is 0 Å². The predicted molar refractivity (Wildman–Crippen MR) is 91.7 cm³/mol. The Kier molecular flexibility index (Phi) is 4.36. The number of hydrazone groups is 1. The molecule has 2 aliphatic carbocycles. The fourth-order valence-corrected chi connectivity index (χ4v) is 4.37. The Morgan fingerprint density at radius 1 is 1.52 bits per heavy atom. The Morgan fingerprint density at radius 2 is 2.30 bits per heavy atom. The molecule has 0 radical (unpaired) electrons. The number of aromatic hydroxyl groups is 1. The Morgan fingerprint density at radius 3 is 2.96 bits per heavy atom. The topological polar surface area (TPSA) is 70.9 Å². The molecule has 3 atom stereocenters. The van der Waals surface area contributed by atoms with Crippen LogP contribution < -0.4 is 10.2 Å². The summed E-state index contributed by atoms with van der Waals surface area (Å²) in [6.07, 6.45) is 6.30. The number of hydrogen-bond acceptors (Lipinski definition) is 4. The number of amides is 1. The molecule has 3 rings (SSSR count). The largest absolute Gasteiger partial charge is 0.503 e. The fraction of sp³-hybridized carbons (Fsp3) is 0.529. The minimum atomic E-state index is 0.0143. The van der Waals surface area contributed by atoms with Gasteiger partial charge >= 0.3 is 0 Å². The zero-order chi connectivity index (χ0) is 16.6. The van der Waals surface area contributed by atoms with E-state index in [4.69, 9.17) is 4.74 Å². The number of hydrogen-bond donors (Lipinski definition) is 2. The monoisotopic (exact) mass is 380 g/mol. The third-order valence-corrected chi connectivity index (χ3v) is 5.88. The molecule has 1 amide bonds.